The maximum Gasteiger partial charge on any atom is 0.253 e. The molecule has 134 valence electrons. The number of hydrogen-bond donors (Lipinski definition) is 1. The summed E-state index contributed by atoms with van der Waals surface area (Å²) in [6.07, 6.45) is -0.497. The molecule has 1 atom stereocenters. The van der Waals surface area contributed by atoms with Crippen molar-refractivity contribution < 1.29 is 14.6 Å². The highest BCUT2D eigenvalue weighted by molar-refractivity contribution is 5.94. The number of carbonyl (C=O) groups is 1. The second kappa shape index (κ2) is 8.10. The van der Waals surface area contributed by atoms with Gasteiger partial charge < -0.3 is 14.7 Å². The zero-order valence-electron chi connectivity index (χ0n) is 15.3. The van der Waals surface area contributed by atoms with Crippen LogP contribution in [0.25, 0.3) is 0 Å². The molecule has 0 saturated carbocycles. The number of aliphatic hydroxyl groups excluding tert-OH is 1. The Kier molecular flexibility index (Phi) is 6.38. The van der Waals surface area contributed by atoms with E-state index in [2.05, 4.69) is 4.90 Å². The van der Waals surface area contributed by atoms with Gasteiger partial charge in [0.2, 0.25) is 0 Å². The van der Waals surface area contributed by atoms with Crippen LogP contribution in [0, 0.1) is 6.92 Å². The second-order valence-corrected chi connectivity index (χ2v) is 7.54. The molecule has 0 aromatic heterocycles. The largest absolute Gasteiger partial charge is 0.389 e. The molecular weight excluding hydrogens is 304 g/mol. The van der Waals surface area contributed by atoms with E-state index >= 15 is 0 Å². The van der Waals surface area contributed by atoms with Crippen molar-refractivity contribution >= 4 is 5.91 Å². The molecule has 1 aromatic carbocycles. The maximum absolute atomic E-state index is 12.5. The Labute approximate surface area is 145 Å². The van der Waals surface area contributed by atoms with Crippen LogP contribution in [0.15, 0.2) is 24.3 Å². The third-order valence-electron chi connectivity index (χ3n) is 4.14. The minimum absolute atomic E-state index is 0.0891. The predicted octanol–water partition coefficient (Wildman–Crippen LogP) is 1.93. The standard InChI is InChI=1S/C19H30N2O3/c1-15-5-7-16(8-6-15)18(23)21-11-9-20(10-12-21)13-17(22)14-24-19(2,3)4/h5-8,17,22H,9-14H2,1-4H3. The molecule has 1 N–H and O–H groups in total. The number of aliphatic hydroxyl groups is 1. The molecule has 1 saturated heterocycles. The van der Waals surface area contributed by atoms with Crippen molar-refractivity contribution in [1.29, 1.82) is 0 Å². The highest BCUT2D eigenvalue weighted by Gasteiger charge is 2.24. The Balaban J connectivity index is 1.76. The summed E-state index contributed by atoms with van der Waals surface area (Å²) in [5.41, 5.74) is 1.66. The van der Waals surface area contributed by atoms with Crippen molar-refractivity contribution in [3.63, 3.8) is 0 Å². The second-order valence-electron chi connectivity index (χ2n) is 7.54. The van der Waals surface area contributed by atoms with Gasteiger partial charge in [-0.3, -0.25) is 9.69 Å². The Morgan fingerprint density at radius 2 is 1.75 bits per heavy atom. The molecule has 1 aliphatic heterocycles. The summed E-state index contributed by atoms with van der Waals surface area (Å²) in [5.74, 6) is 0.0891. The van der Waals surface area contributed by atoms with E-state index in [4.69, 9.17) is 4.74 Å². The fourth-order valence-electron chi connectivity index (χ4n) is 2.71. The van der Waals surface area contributed by atoms with Gasteiger partial charge in [-0.2, -0.15) is 0 Å². The minimum atomic E-state index is -0.497. The van der Waals surface area contributed by atoms with Gasteiger partial charge in [0.1, 0.15) is 0 Å². The molecule has 2 rings (SSSR count). The van der Waals surface area contributed by atoms with Crippen molar-refractivity contribution in [2.24, 2.45) is 0 Å². The molecule has 5 heteroatoms. The molecule has 1 heterocycles. The molecule has 1 aromatic rings. The lowest BCUT2D eigenvalue weighted by Crippen LogP contribution is -2.51. The minimum Gasteiger partial charge on any atom is -0.389 e. The Morgan fingerprint density at radius 3 is 2.29 bits per heavy atom. The van der Waals surface area contributed by atoms with Gasteiger partial charge in [0, 0.05) is 38.3 Å². The van der Waals surface area contributed by atoms with Gasteiger partial charge in [0.15, 0.2) is 0 Å². The predicted molar refractivity (Wildman–Crippen MR) is 95.2 cm³/mol. The van der Waals surface area contributed by atoms with Crippen molar-refractivity contribution in [1.82, 2.24) is 9.80 Å². The van der Waals surface area contributed by atoms with Gasteiger partial charge >= 0.3 is 0 Å². The topological polar surface area (TPSA) is 53.0 Å². The number of amides is 1. The van der Waals surface area contributed by atoms with Crippen LogP contribution in [-0.2, 0) is 4.74 Å². The van der Waals surface area contributed by atoms with Crippen LogP contribution >= 0.6 is 0 Å². The molecule has 1 fully saturated rings. The van der Waals surface area contributed by atoms with Crippen LogP contribution < -0.4 is 0 Å². The summed E-state index contributed by atoms with van der Waals surface area (Å²) in [6.45, 7) is 11.8. The number of piperazine rings is 1. The first-order chi connectivity index (χ1) is 11.2. The fourth-order valence-corrected chi connectivity index (χ4v) is 2.71. The van der Waals surface area contributed by atoms with Crippen molar-refractivity contribution in [2.75, 3.05) is 39.3 Å². The van der Waals surface area contributed by atoms with Crippen molar-refractivity contribution in [3.05, 3.63) is 35.4 Å². The number of nitrogens with zero attached hydrogens (tertiary/aromatic N) is 2. The van der Waals surface area contributed by atoms with Gasteiger partial charge in [-0.1, -0.05) is 17.7 Å². The zero-order valence-corrected chi connectivity index (χ0v) is 15.3. The lowest BCUT2D eigenvalue weighted by molar-refractivity contribution is -0.0581. The first-order valence-electron chi connectivity index (χ1n) is 8.65. The Hall–Kier alpha value is -1.43. The summed E-state index contributed by atoms with van der Waals surface area (Å²) >= 11 is 0. The fraction of sp³-hybridized carbons (Fsp3) is 0.632. The molecule has 0 radical (unpaired) electrons. The van der Waals surface area contributed by atoms with Gasteiger partial charge in [-0.05, 0) is 39.8 Å². The van der Waals surface area contributed by atoms with E-state index < -0.39 is 6.10 Å². The SMILES string of the molecule is Cc1ccc(C(=O)N2CCN(CC(O)COC(C)(C)C)CC2)cc1. The lowest BCUT2D eigenvalue weighted by atomic mass is 10.1. The first kappa shape index (κ1) is 18.9. The number of aryl methyl sites for hydroxylation is 1. The number of β-amino-alcohol motifs (C(OH)–C–C–N with tert-alkyl or cyclic N) is 1. The number of rotatable bonds is 5. The summed E-state index contributed by atoms with van der Waals surface area (Å²) in [6, 6.07) is 7.71. The van der Waals surface area contributed by atoms with E-state index in [0.29, 0.717) is 26.2 Å². The van der Waals surface area contributed by atoms with E-state index in [1.54, 1.807) is 0 Å². The van der Waals surface area contributed by atoms with E-state index in [1.807, 2.05) is 56.9 Å². The van der Waals surface area contributed by atoms with Crippen LogP contribution in [0.1, 0.15) is 36.7 Å². The number of carbonyl (C=O) groups excluding carboxylic acids is 1. The molecular formula is C19H30N2O3. The van der Waals surface area contributed by atoms with Crippen LogP contribution in [-0.4, -0.2) is 71.8 Å². The Morgan fingerprint density at radius 1 is 1.17 bits per heavy atom. The molecule has 24 heavy (non-hydrogen) atoms. The molecule has 5 nitrogen and oxygen atoms in total. The third-order valence-corrected chi connectivity index (χ3v) is 4.14. The van der Waals surface area contributed by atoms with E-state index in [-0.39, 0.29) is 11.5 Å². The number of hydrogen-bond acceptors (Lipinski definition) is 4. The maximum atomic E-state index is 12.5. The van der Waals surface area contributed by atoms with Crippen LogP contribution in [0.3, 0.4) is 0 Å². The average Bonchev–Trinajstić information content (AvgIpc) is 2.53. The van der Waals surface area contributed by atoms with Crippen molar-refractivity contribution in [3.8, 4) is 0 Å². The highest BCUT2D eigenvalue weighted by atomic mass is 16.5. The Bertz CT molecular complexity index is 529. The number of benzene rings is 1. The highest BCUT2D eigenvalue weighted by Crippen LogP contribution is 2.11. The van der Waals surface area contributed by atoms with E-state index in [9.17, 15) is 9.90 Å². The molecule has 0 bridgehead atoms. The molecule has 1 amide bonds. The van der Waals surface area contributed by atoms with E-state index in [0.717, 1.165) is 24.2 Å². The first-order valence-corrected chi connectivity index (χ1v) is 8.65. The summed E-state index contributed by atoms with van der Waals surface area (Å²) in [5, 5.41) is 10.1. The molecule has 0 aliphatic carbocycles. The van der Waals surface area contributed by atoms with Crippen LogP contribution in [0.5, 0.6) is 0 Å². The lowest BCUT2D eigenvalue weighted by Gasteiger charge is -2.36. The summed E-state index contributed by atoms with van der Waals surface area (Å²) in [7, 11) is 0. The third kappa shape index (κ3) is 5.89. The van der Waals surface area contributed by atoms with E-state index in [1.165, 1.54) is 0 Å². The van der Waals surface area contributed by atoms with Crippen molar-refractivity contribution in [2.45, 2.75) is 39.4 Å². The molecule has 1 aliphatic rings. The molecule has 1 unspecified atom stereocenters. The van der Waals surface area contributed by atoms with Gasteiger partial charge in [-0.25, -0.2) is 0 Å². The number of ether oxygens (including phenoxy) is 1. The quantitative estimate of drug-likeness (QED) is 0.894. The van der Waals surface area contributed by atoms with Gasteiger partial charge in [0.05, 0.1) is 18.3 Å². The smallest absolute Gasteiger partial charge is 0.253 e. The normalized spacial score (nSPS) is 17.8. The average molecular weight is 334 g/mol. The molecule has 0 spiro atoms. The zero-order chi connectivity index (χ0) is 17.7. The monoisotopic (exact) mass is 334 g/mol. The summed E-state index contributed by atoms with van der Waals surface area (Å²) < 4.78 is 5.62. The van der Waals surface area contributed by atoms with Gasteiger partial charge in [-0.15, -0.1) is 0 Å². The summed E-state index contributed by atoms with van der Waals surface area (Å²) in [4.78, 5) is 16.6. The van der Waals surface area contributed by atoms with Crippen LogP contribution in [0.2, 0.25) is 0 Å². The van der Waals surface area contributed by atoms with Gasteiger partial charge in [0.25, 0.3) is 5.91 Å². The van der Waals surface area contributed by atoms with Crippen LogP contribution in [0.4, 0.5) is 0 Å².